The minimum Gasteiger partial charge on any atom is -0.318 e. The second kappa shape index (κ2) is 16.7. The van der Waals surface area contributed by atoms with Gasteiger partial charge in [0.15, 0.2) is 0 Å². The van der Waals surface area contributed by atoms with Crippen molar-refractivity contribution >= 4 is 11.9 Å². The lowest BCUT2D eigenvalue weighted by Gasteiger charge is -2.08. The molecule has 0 saturated carbocycles. The molecule has 1 aromatic heterocycles. The molecule has 0 aliphatic heterocycles. The molecule has 1 unspecified atom stereocenters. The number of carbonyl (C=O) groups is 2. The van der Waals surface area contributed by atoms with Crippen molar-refractivity contribution < 1.29 is 19.4 Å². The van der Waals surface area contributed by atoms with E-state index in [9.17, 15) is 14.4 Å². The van der Waals surface area contributed by atoms with E-state index in [1.165, 1.54) is 70.4 Å². The first kappa shape index (κ1) is 25.9. The van der Waals surface area contributed by atoms with Crippen LogP contribution in [0.15, 0.2) is 11.0 Å². The molecule has 172 valence electrons. The lowest BCUT2D eigenvalue weighted by Crippen LogP contribution is -2.35. The Morgan fingerprint density at radius 2 is 1.43 bits per heavy atom. The van der Waals surface area contributed by atoms with Gasteiger partial charge in [-0.1, -0.05) is 84.0 Å². The molecule has 1 aromatic rings. The maximum absolute atomic E-state index is 11.7. The zero-order valence-electron chi connectivity index (χ0n) is 18.4. The van der Waals surface area contributed by atoms with Crippen LogP contribution in [0.1, 0.15) is 103 Å². The van der Waals surface area contributed by atoms with Crippen molar-refractivity contribution in [3.05, 3.63) is 22.4 Å². The minimum absolute atomic E-state index is 0.0774. The number of aromatic amines is 2. The second-order valence-electron chi connectivity index (χ2n) is 7.93. The van der Waals surface area contributed by atoms with Gasteiger partial charge in [0.2, 0.25) is 0 Å². The molecule has 0 aliphatic carbocycles. The molecule has 0 bridgehead atoms. The Hall–Kier alpha value is -2.09. The predicted octanol–water partition coefficient (Wildman–Crippen LogP) is 4.06. The number of imidazole rings is 1. The van der Waals surface area contributed by atoms with Crippen LogP contribution in [0.3, 0.4) is 0 Å². The van der Waals surface area contributed by atoms with Crippen LogP contribution in [0, 0.1) is 0 Å². The van der Waals surface area contributed by atoms with Crippen LogP contribution in [0.2, 0.25) is 0 Å². The van der Waals surface area contributed by atoms with E-state index in [1.54, 1.807) is 0 Å². The predicted molar refractivity (Wildman–Crippen MR) is 116 cm³/mol. The minimum atomic E-state index is -1.03. The Morgan fingerprint density at radius 1 is 0.900 bits per heavy atom. The van der Waals surface area contributed by atoms with Gasteiger partial charge >= 0.3 is 17.6 Å². The number of carbonyl (C=O) groups excluding carboxylic acids is 2. The third-order valence-electron chi connectivity index (χ3n) is 5.10. The Kier molecular flexibility index (Phi) is 14.4. The van der Waals surface area contributed by atoms with E-state index >= 15 is 0 Å². The molecule has 0 radical (unpaired) electrons. The van der Waals surface area contributed by atoms with E-state index in [-0.39, 0.29) is 18.5 Å². The third-order valence-corrected chi connectivity index (χ3v) is 5.10. The van der Waals surface area contributed by atoms with Crippen molar-refractivity contribution in [3.8, 4) is 0 Å². The van der Waals surface area contributed by atoms with E-state index in [0.29, 0.717) is 12.1 Å². The van der Waals surface area contributed by atoms with E-state index < -0.39 is 18.0 Å². The zero-order valence-corrected chi connectivity index (χ0v) is 18.4. The summed E-state index contributed by atoms with van der Waals surface area (Å²) in [5.41, 5.74) is 5.76. The van der Waals surface area contributed by atoms with Gasteiger partial charge in [-0.15, -0.1) is 0 Å². The Labute approximate surface area is 179 Å². The van der Waals surface area contributed by atoms with Crippen LogP contribution in [-0.2, 0) is 25.8 Å². The van der Waals surface area contributed by atoms with E-state index in [4.69, 9.17) is 5.73 Å². The number of hydrogen-bond acceptors (Lipinski definition) is 6. The molecule has 4 N–H and O–H groups in total. The van der Waals surface area contributed by atoms with E-state index in [0.717, 1.165) is 12.8 Å². The van der Waals surface area contributed by atoms with Gasteiger partial charge < -0.3 is 15.7 Å². The standard InChI is InChI=1S/C22H39N3O5/c1-2-3-4-5-6-7-8-9-10-11-12-13-14-15-20(26)29-30-21(27)19(23)16-18-17-24-22(28)25-18/h17,19H,2-16,23H2,1H3,(H2,24,25,28). The topological polar surface area (TPSA) is 127 Å². The van der Waals surface area contributed by atoms with Crippen LogP contribution >= 0.6 is 0 Å². The molecule has 30 heavy (non-hydrogen) atoms. The van der Waals surface area contributed by atoms with Crippen molar-refractivity contribution in [2.45, 2.75) is 109 Å². The molecule has 0 saturated heterocycles. The summed E-state index contributed by atoms with van der Waals surface area (Å²) in [6.07, 6.45) is 17.7. The largest absolute Gasteiger partial charge is 0.372 e. The Morgan fingerprint density at radius 3 is 1.93 bits per heavy atom. The number of hydrogen-bond donors (Lipinski definition) is 3. The molecule has 0 spiro atoms. The number of unbranched alkanes of at least 4 members (excludes halogenated alkanes) is 12. The van der Waals surface area contributed by atoms with Gasteiger partial charge in [-0.25, -0.2) is 24.2 Å². The lowest BCUT2D eigenvalue weighted by molar-refractivity contribution is -0.260. The summed E-state index contributed by atoms with van der Waals surface area (Å²) in [4.78, 5) is 48.3. The van der Waals surface area contributed by atoms with Crippen molar-refractivity contribution in [2.75, 3.05) is 0 Å². The highest BCUT2D eigenvalue weighted by Crippen LogP contribution is 2.13. The molecule has 1 rings (SSSR count). The maximum Gasteiger partial charge on any atom is 0.372 e. The Bertz CT molecular complexity index is 641. The molecule has 1 heterocycles. The van der Waals surface area contributed by atoms with Crippen molar-refractivity contribution in [3.63, 3.8) is 0 Å². The molecule has 0 fully saturated rings. The summed E-state index contributed by atoms with van der Waals surface area (Å²) >= 11 is 0. The monoisotopic (exact) mass is 425 g/mol. The van der Waals surface area contributed by atoms with Gasteiger partial charge in [-0.3, -0.25) is 0 Å². The zero-order chi connectivity index (χ0) is 22.0. The molecule has 0 aliphatic rings. The van der Waals surface area contributed by atoms with Crippen LogP contribution in [0.5, 0.6) is 0 Å². The van der Waals surface area contributed by atoms with Gasteiger partial charge in [0.1, 0.15) is 6.04 Å². The number of rotatable bonds is 17. The van der Waals surface area contributed by atoms with Crippen molar-refractivity contribution in [1.29, 1.82) is 0 Å². The van der Waals surface area contributed by atoms with Crippen molar-refractivity contribution in [1.82, 2.24) is 9.97 Å². The van der Waals surface area contributed by atoms with Gasteiger partial charge in [-0.05, 0) is 6.42 Å². The summed E-state index contributed by atoms with van der Waals surface area (Å²) in [5, 5.41) is 0. The fourth-order valence-corrected chi connectivity index (χ4v) is 3.28. The van der Waals surface area contributed by atoms with Gasteiger partial charge in [0, 0.05) is 18.3 Å². The average Bonchev–Trinajstić information content (AvgIpc) is 3.14. The highest BCUT2D eigenvalue weighted by Gasteiger charge is 2.19. The molecule has 8 nitrogen and oxygen atoms in total. The van der Waals surface area contributed by atoms with Crippen LogP contribution in [0.25, 0.3) is 0 Å². The normalized spacial score (nSPS) is 11.9. The van der Waals surface area contributed by atoms with Gasteiger partial charge in [-0.2, -0.15) is 0 Å². The number of aromatic nitrogens is 2. The second-order valence-corrected chi connectivity index (χ2v) is 7.93. The average molecular weight is 426 g/mol. The maximum atomic E-state index is 11.7. The third kappa shape index (κ3) is 13.2. The summed E-state index contributed by atoms with van der Waals surface area (Å²) < 4.78 is 0. The first-order chi connectivity index (χ1) is 14.5. The highest BCUT2D eigenvalue weighted by molar-refractivity contribution is 5.77. The highest BCUT2D eigenvalue weighted by atomic mass is 17.2. The fourth-order valence-electron chi connectivity index (χ4n) is 3.28. The molecular formula is C22H39N3O5. The summed E-state index contributed by atoms with van der Waals surface area (Å²) in [5.74, 6) is -1.43. The van der Waals surface area contributed by atoms with Gasteiger partial charge in [0.05, 0.1) is 6.42 Å². The lowest BCUT2D eigenvalue weighted by atomic mass is 10.0. The number of H-pyrrole nitrogens is 2. The van der Waals surface area contributed by atoms with E-state index in [1.807, 2.05) is 0 Å². The number of nitrogens with two attached hydrogens (primary N) is 1. The fraction of sp³-hybridized carbons (Fsp3) is 0.773. The summed E-state index contributed by atoms with van der Waals surface area (Å²) in [7, 11) is 0. The summed E-state index contributed by atoms with van der Waals surface area (Å²) in [6.45, 7) is 2.24. The smallest absolute Gasteiger partial charge is 0.318 e. The molecule has 0 amide bonds. The van der Waals surface area contributed by atoms with Crippen LogP contribution < -0.4 is 11.4 Å². The molecular weight excluding hydrogens is 386 g/mol. The quantitative estimate of drug-likeness (QED) is 0.196. The van der Waals surface area contributed by atoms with E-state index in [2.05, 4.69) is 26.7 Å². The molecule has 0 aromatic carbocycles. The summed E-state index contributed by atoms with van der Waals surface area (Å²) in [6, 6.07) is -1.03. The SMILES string of the molecule is CCCCCCCCCCCCCCCC(=O)OOC(=O)C(N)Cc1c[nH]c(=O)[nH]1. The van der Waals surface area contributed by atoms with Gasteiger partial charge in [0.25, 0.3) is 0 Å². The first-order valence-corrected chi connectivity index (χ1v) is 11.5. The first-order valence-electron chi connectivity index (χ1n) is 11.5. The molecule has 8 heteroatoms. The number of nitrogens with one attached hydrogen (secondary N) is 2. The van der Waals surface area contributed by atoms with Crippen LogP contribution in [-0.4, -0.2) is 27.9 Å². The molecule has 1 atom stereocenters. The van der Waals surface area contributed by atoms with Crippen molar-refractivity contribution in [2.24, 2.45) is 5.73 Å². The van der Waals surface area contributed by atoms with Crippen LogP contribution in [0.4, 0.5) is 0 Å². The Balaban J connectivity index is 1.92.